The number of ether oxygens (including phenoxy) is 2. The molecular formula is C45H50N8O6. The van der Waals surface area contributed by atoms with Crippen LogP contribution in [-0.2, 0) is 32.3 Å². The number of nitrogens with one attached hydrogen (secondary N) is 4. The molecule has 306 valence electrons. The monoisotopic (exact) mass is 798 g/mol. The SMILES string of the molecule is CCCN(Cc1ncc(-c2ccc3c4c(ccc3c2)-c2ccc(/C(=C/N=CCN(CCC)C(=O)C(NC(=O)OC)c3ccccc3)NC)cc2CO4)[nH]1)C(=O)CNC=O. The van der Waals surface area contributed by atoms with Crippen LogP contribution in [0, 0.1) is 0 Å². The van der Waals surface area contributed by atoms with E-state index in [1.165, 1.54) is 7.11 Å². The van der Waals surface area contributed by atoms with Crippen LogP contribution in [0.1, 0.15) is 55.2 Å². The summed E-state index contributed by atoms with van der Waals surface area (Å²) in [6, 6.07) is 24.8. The average molecular weight is 799 g/mol. The predicted octanol–water partition coefficient (Wildman–Crippen LogP) is 6.20. The third kappa shape index (κ3) is 9.96. The minimum atomic E-state index is -0.895. The van der Waals surface area contributed by atoms with Crippen LogP contribution in [-0.4, -0.2) is 90.6 Å². The Labute approximate surface area is 343 Å². The van der Waals surface area contributed by atoms with Gasteiger partial charge in [0, 0.05) is 42.9 Å². The van der Waals surface area contributed by atoms with Crippen molar-refractivity contribution in [1.82, 2.24) is 35.7 Å². The molecule has 0 saturated carbocycles. The summed E-state index contributed by atoms with van der Waals surface area (Å²) >= 11 is 0. The molecule has 4 amide bonds. The van der Waals surface area contributed by atoms with E-state index in [4.69, 9.17) is 9.47 Å². The molecule has 1 aliphatic heterocycles. The lowest BCUT2D eigenvalue weighted by molar-refractivity contribution is -0.133. The molecule has 1 aliphatic rings. The number of alkyl carbamates (subject to hydrolysis) is 1. The highest BCUT2D eigenvalue weighted by Crippen LogP contribution is 2.43. The highest BCUT2D eigenvalue weighted by Gasteiger charge is 2.27. The fourth-order valence-corrected chi connectivity index (χ4v) is 7.11. The number of amides is 4. The molecule has 0 fully saturated rings. The van der Waals surface area contributed by atoms with Crippen molar-refractivity contribution in [3.63, 3.8) is 0 Å². The first-order valence-electron chi connectivity index (χ1n) is 19.7. The number of H-pyrrole nitrogens is 1. The van der Waals surface area contributed by atoms with E-state index in [-0.39, 0.29) is 24.9 Å². The lowest BCUT2D eigenvalue weighted by atomic mass is 9.92. The fraction of sp³-hybridized carbons (Fsp3) is 0.289. The maximum Gasteiger partial charge on any atom is 0.407 e. The number of rotatable bonds is 18. The normalized spacial score (nSPS) is 12.5. The summed E-state index contributed by atoms with van der Waals surface area (Å²) in [5.74, 6) is 1.07. The average Bonchev–Trinajstić information content (AvgIpc) is 3.74. The molecule has 1 atom stereocenters. The van der Waals surface area contributed by atoms with Crippen molar-refractivity contribution >= 4 is 47.0 Å². The van der Waals surface area contributed by atoms with Crippen LogP contribution in [0.4, 0.5) is 4.79 Å². The largest absolute Gasteiger partial charge is 0.488 e. The Morgan fingerprint density at radius 1 is 0.983 bits per heavy atom. The van der Waals surface area contributed by atoms with Gasteiger partial charge < -0.3 is 40.2 Å². The number of aromatic nitrogens is 2. The molecule has 1 unspecified atom stereocenters. The number of imidazole rings is 1. The minimum absolute atomic E-state index is 0.0508. The van der Waals surface area contributed by atoms with Crippen LogP contribution >= 0.6 is 0 Å². The molecule has 2 heterocycles. The number of aliphatic imine (C=N–C) groups is 1. The zero-order valence-electron chi connectivity index (χ0n) is 33.8. The fourth-order valence-electron chi connectivity index (χ4n) is 7.11. The second kappa shape index (κ2) is 19.9. The number of methoxy groups -OCH3 is 1. The lowest BCUT2D eigenvalue weighted by Gasteiger charge is -2.26. The number of hydrogen-bond acceptors (Lipinski definition) is 9. The Balaban J connectivity index is 1.16. The first-order valence-corrected chi connectivity index (χ1v) is 19.7. The molecule has 0 aliphatic carbocycles. The number of hydrogen-bond donors (Lipinski definition) is 4. The minimum Gasteiger partial charge on any atom is -0.488 e. The summed E-state index contributed by atoms with van der Waals surface area (Å²) in [4.78, 5) is 64.9. The van der Waals surface area contributed by atoms with Crippen molar-refractivity contribution in [3.8, 4) is 28.1 Å². The van der Waals surface area contributed by atoms with E-state index in [1.807, 2.05) is 45.2 Å². The number of carbonyl (C=O) groups excluding carboxylic acids is 4. The third-order valence-corrected chi connectivity index (χ3v) is 10.0. The smallest absolute Gasteiger partial charge is 0.407 e. The second-order valence-electron chi connectivity index (χ2n) is 14.0. The van der Waals surface area contributed by atoms with Gasteiger partial charge in [-0.2, -0.15) is 0 Å². The van der Waals surface area contributed by atoms with Gasteiger partial charge in [-0.15, -0.1) is 0 Å². The van der Waals surface area contributed by atoms with Gasteiger partial charge in [-0.3, -0.25) is 19.4 Å². The first-order chi connectivity index (χ1) is 28.8. The van der Waals surface area contributed by atoms with E-state index >= 15 is 0 Å². The van der Waals surface area contributed by atoms with Gasteiger partial charge >= 0.3 is 6.09 Å². The van der Waals surface area contributed by atoms with Gasteiger partial charge in [-0.25, -0.2) is 9.78 Å². The van der Waals surface area contributed by atoms with E-state index < -0.39 is 12.1 Å². The number of aromatic amines is 1. The molecule has 5 aromatic rings. The second-order valence-corrected chi connectivity index (χ2v) is 14.0. The van der Waals surface area contributed by atoms with Gasteiger partial charge in [0.05, 0.1) is 50.5 Å². The van der Waals surface area contributed by atoms with E-state index in [1.54, 1.807) is 40.5 Å². The summed E-state index contributed by atoms with van der Waals surface area (Å²) in [5, 5.41) is 10.4. The standard InChI is InChI=1S/C45H50N8O6/c1-5-19-52(44(56)42(51-45(57)58-4)30-10-8-7-9-11-30)21-18-47-24-38(46-3)32-13-15-35-34(23-32)28-59-43-36-16-14-33(22-31(36)12-17-37(35)43)39-25-49-40(50-39)27-53(20-6-2)41(55)26-48-29-54/h7-18,22-25,29,42,46H,5-6,19-21,26-28H2,1-4H3,(H,48,54)(H,49,50)(H,51,57)/b38-24-,47-18?. The van der Waals surface area contributed by atoms with E-state index in [0.717, 1.165) is 68.6 Å². The van der Waals surface area contributed by atoms with Crippen LogP contribution in [0.15, 0.2) is 96.3 Å². The Hall–Kier alpha value is -6.96. The van der Waals surface area contributed by atoms with Gasteiger partial charge in [0.15, 0.2) is 0 Å². The summed E-state index contributed by atoms with van der Waals surface area (Å²) in [7, 11) is 3.11. The number of benzene rings is 4. The van der Waals surface area contributed by atoms with Crippen molar-refractivity contribution in [2.45, 2.75) is 45.9 Å². The molecule has 14 heteroatoms. The molecular weight excluding hydrogens is 749 g/mol. The third-order valence-electron chi connectivity index (χ3n) is 10.0. The van der Waals surface area contributed by atoms with Crippen LogP contribution in [0.3, 0.4) is 0 Å². The Morgan fingerprint density at radius 3 is 2.51 bits per heavy atom. The highest BCUT2D eigenvalue weighted by molar-refractivity contribution is 5.98. The zero-order chi connectivity index (χ0) is 41.7. The summed E-state index contributed by atoms with van der Waals surface area (Å²) in [5.41, 5.74) is 7.34. The summed E-state index contributed by atoms with van der Waals surface area (Å²) in [6.07, 6.45) is 6.55. The van der Waals surface area contributed by atoms with Gasteiger partial charge in [-0.05, 0) is 58.7 Å². The predicted molar refractivity (Wildman–Crippen MR) is 228 cm³/mol. The van der Waals surface area contributed by atoms with Crippen molar-refractivity contribution in [2.24, 2.45) is 4.99 Å². The molecule has 0 saturated heterocycles. The topological polar surface area (TPSA) is 170 Å². The lowest BCUT2D eigenvalue weighted by Crippen LogP contribution is -2.44. The van der Waals surface area contributed by atoms with Crippen molar-refractivity contribution in [1.29, 1.82) is 0 Å². The quantitative estimate of drug-likeness (QED) is 0.0600. The van der Waals surface area contributed by atoms with Crippen LogP contribution in [0.2, 0.25) is 0 Å². The van der Waals surface area contributed by atoms with Crippen molar-refractivity contribution in [3.05, 3.63) is 114 Å². The van der Waals surface area contributed by atoms with Gasteiger partial charge in [0.1, 0.15) is 24.2 Å². The number of carbonyl (C=O) groups is 4. The first kappa shape index (κ1) is 41.7. The maximum absolute atomic E-state index is 13.7. The Bertz CT molecular complexity index is 2340. The van der Waals surface area contributed by atoms with Crippen molar-refractivity contribution < 1.29 is 28.7 Å². The maximum atomic E-state index is 13.7. The zero-order valence-corrected chi connectivity index (χ0v) is 33.8. The van der Waals surface area contributed by atoms with E-state index in [2.05, 4.69) is 73.4 Å². The number of fused-ring (bicyclic) bond motifs is 5. The summed E-state index contributed by atoms with van der Waals surface area (Å²) < 4.78 is 11.2. The Morgan fingerprint density at radius 2 is 1.76 bits per heavy atom. The molecule has 4 aromatic carbocycles. The molecule has 0 radical (unpaired) electrons. The molecule has 6 rings (SSSR count). The Kier molecular flexibility index (Phi) is 14.1. The van der Waals surface area contributed by atoms with Gasteiger partial charge in [0.2, 0.25) is 18.2 Å². The molecule has 4 N–H and O–H groups in total. The highest BCUT2D eigenvalue weighted by atomic mass is 16.5. The van der Waals surface area contributed by atoms with Gasteiger partial charge in [-0.1, -0.05) is 74.5 Å². The number of nitrogens with zero attached hydrogens (tertiary/aromatic N) is 4. The van der Waals surface area contributed by atoms with Crippen LogP contribution in [0.5, 0.6) is 5.75 Å². The van der Waals surface area contributed by atoms with Crippen LogP contribution < -0.4 is 20.7 Å². The molecule has 1 aromatic heterocycles. The van der Waals surface area contributed by atoms with Crippen LogP contribution in [0.25, 0.3) is 38.9 Å². The molecule has 14 nitrogen and oxygen atoms in total. The van der Waals surface area contributed by atoms with E-state index in [9.17, 15) is 19.2 Å². The molecule has 59 heavy (non-hydrogen) atoms. The van der Waals surface area contributed by atoms with Crippen molar-refractivity contribution in [2.75, 3.05) is 40.3 Å². The summed E-state index contributed by atoms with van der Waals surface area (Å²) in [6.45, 7) is 5.95. The molecule has 0 bridgehead atoms. The van der Waals surface area contributed by atoms with Gasteiger partial charge in [0.25, 0.3) is 0 Å². The molecule has 0 spiro atoms. The van der Waals surface area contributed by atoms with E-state index in [0.29, 0.717) is 44.0 Å².